The highest BCUT2D eigenvalue weighted by molar-refractivity contribution is 6.35. The molecule has 0 saturated heterocycles. The first-order valence-electron chi connectivity index (χ1n) is 5.13. The average molecular weight is 191 g/mol. The lowest BCUT2D eigenvalue weighted by Gasteiger charge is -2.15. The molecule has 0 bridgehead atoms. The van der Waals surface area contributed by atoms with Gasteiger partial charge in [-0.15, -0.1) is 0 Å². The minimum absolute atomic E-state index is 0.273. The normalized spacial score (nSPS) is 11.3. The van der Waals surface area contributed by atoms with Crippen molar-refractivity contribution < 1.29 is 5.11 Å². The molecule has 14 heavy (non-hydrogen) atoms. The molecule has 0 aliphatic heterocycles. The molecule has 0 atom stereocenters. The topological polar surface area (TPSA) is 33.1 Å². The lowest BCUT2D eigenvalue weighted by Crippen LogP contribution is -2.15. The third-order valence-electron chi connectivity index (χ3n) is 2.54. The van der Waals surface area contributed by atoms with E-state index in [0.29, 0.717) is 11.7 Å². The predicted octanol–water partition coefficient (Wildman–Crippen LogP) is 1.29. The molecule has 1 aromatic heterocycles. The van der Waals surface area contributed by atoms with Crippen molar-refractivity contribution in [1.29, 1.82) is 0 Å². The summed E-state index contributed by atoms with van der Waals surface area (Å²) in [5.74, 6) is 1.05. The molecule has 0 aliphatic rings. The molecule has 1 aromatic rings. The van der Waals surface area contributed by atoms with Gasteiger partial charge in [0.25, 0.3) is 0 Å². The first-order chi connectivity index (χ1) is 6.45. The number of hydrogen-bond donors (Lipinski definition) is 1. The van der Waals surface area contributed by atoms with Crippen molar-refractivity contribution in [3.63, 3.8) is 0 Å². The monoisotopic (exact) mass is 191 g/mol. The summed E-state index contributed by atoms with van der Waals surface area (Å²) in [6, 6.07) is 0. The van der Waals surface area contributed by atoms with Gasteiger partial charge >= 0.3 is 0 Å². The summed E-state index contributed by atoms with van der Waals surface area (Å²) in [7, 11) is 1.96. The van der Waals surface area contributed by atoms with E-state index in [0.717, 1.165) is 16.7 Å². The van der Waals surface area contributed by atoms with E-state index in [-0.39, 0.29) is 5.92 Å². The highest BCUT2D eigenvalue weighted by Crippen LogP contribution is 2.23. The maximum Gasteiger partial charge on any atom is 0.144 e. The van der Waals surface area contributed by atoms with Crippen molar-refractivity contribution in [3.05, 3.63) is 17.5 Å². The molecule has 1 rings (SSSR count). The molecule has 3 heteroatoms. The van der Waals surface area contributed by atoms with Crippen LogP contribution in [0.3, 0.4) is 0 Å². The summed E-state index contributed by atoms with van der Waals surface area (Å²) in [4.78, 5) is 4.31. The lowest BCUT2D eigenvalue weighted by molar-refractivity contribution is 0.463. The second-order valence-corrected chi connectivity index (χ2v) is 4.38. The number of hydrogen-bond acceptors (Lipinski definition) is 2. The van der Waals surface area contributed by atoms with Crippen LogP contribution in [0, 0.1) is 0 Å². The van der Waals surface area contributed by atoms with Crippen molar-refractivity contribution in [3.8, 4) is 5.75 Å². The standard InChI is InChI=1S/C11H18BNO/c1-6(2)8-5-13-10(7(3)4)11(14)9(8)12/h5-7,14H,12H2,1-4H3. The Labute approximate surface area is 86.8 Å². The van der Waals surface area contributed by atoms with Crippen LogP contribution in [0.15, 0.2) is 6.20 Å². The highest BCUT2D eigenvalue weighted by atomic mass is 16.3. The number of pyridine rings is 1. The minimum atomic E-state index is 0.273. The Morgan fingerprint density at radius 2 is 1.79 bits per heavy atom. The Morgan fingerprint density at radius 3 is 2.21 bits per heavy atom. The van der Waals surface area contributed by atoms with Crippen LogP contribution in [0.25, 0.3) is 0 Å². The molecule has 0 amide bonds. The van der Waals surface area contributed by atoms with Gasteiger partial charge in [0.15, 0.2) is 0 Å². The number of aromatic nitrogens is 1. The van der Waals surface area contributed by atoms with Crippen LogP contribution in [0.5, 0.6) is 5.75 Å². The van der Waals surface area contributed by atoms with E-state index >= 15 is 0 Å². The number of rotatable bonds is 2. The van der Waals surface area contributed by atoms with Gasteiger partial charge in [-0.25, -0.2) is 0 Å². The zero-order valence-corrected chi connectivity index (χ0v) is 9.63. The number of nitrogens with zero attached hydrogens (tertiary/aromatic N) is 1. The lowest BCUT2D eigenvalue weighted by atomic mass is 9.84. The van der Waals surface area contributed by atoms with Crippen molar-refractivity contribution in [1.82, 2.24) is 4.98 Å². The van der Waals surface area contributed by atoms with Crippen LogP contribution >= 0.6 is 0 Å². The molecule has 0 unspecified atom stereocenters. The molecule has 1 N–H and O–H groups in total. The van der Waals surface area contributed by atoms with Gasteiger partial charge in [-0.3, -0.25) is 4.98 Å². The maximum absolute atomic E-state index is 9.94. The summed E-state index contributed by atoms with van der Waals surface area (Å²) in [5.41, 5.74) is 2.90. The first-order valence-corrected chi connectivity index (χ1v) is 5.13. The summed E-state index contributed by atoms with van der Waals surface area (Å²) in [6.45, 7) is 8.30. The van der Waals surface area contributed by atoms with Crippen molar-refractivity contribution in [2.45, 2.75) is 39.5 Å². The molecule has 0 radical (unpaired) electrons. The SMILES string of the molecule is Bc1c(C(C)C)cnc(C(C)C)c1O. The number of aromatic hydroxyl groups is 1. The van der Waals surface area contributed by atoms with Crippen LogP contribution in [0.2, 0.25) is 0 Å². The van der Waals surface area contributed by atoms with Crippen molar-refractivity contribution in [2.24, 2.45) is 0 Å². The van der Waals surface area contributed by atoms with Crippen LogP contribution in [-0.2, 0) is 0 Å². The van der Waals surface area contributed by atoms with Gasteiger partial charge in [0.2, 0.25) is 0 Å². The van der Waals surface area contributed by atoms with Crippen molar-refractivity contribution in [2.75, 3.05) is 0 Å². The second kappa shape index (κ2) is 4.03. The zero-order valence-electron chi connectivity index (χ0n) is 9.63. The summed E-state index contributed by atoms with van der Waals surface area (Å²) in [5, 5.41) is 9.94. The van der Waals surface area contributed by atoms with Crippen molar-refractivity contribution >= 4 is 13.3 Å². The van der Waals surface area contributed by atoms with Gasteiger partial charge in [0.05, 0.1) is 5.69 Å². The Balaban J connectivity index is 3.26. The Morgan fingerprint density at radius 1 is 1.21 bits per heavy atom. The fourth-order valence-electron chi connectivity index (χ4n) is 1.63. The Hall–Kier alpha value is -0.985. The van der Waals surface area contributed by atoms with E-state index < -0.39 is 0 Å². The molecule has 0 spiro atoms. The van der Waals surface area contributed by atoms with Crippen LogP contribution in [-0.4, -0.2) is 17.9 Å². The fraction of sp³-hybridized carbons (Fsp3) is 0.545. The smallest absolute Gasteiger partial charge is 0.144 e. The van der Waals surface area contributed by atoms with Gasteiger partial charge in [-0.2, -0.15) is 0 Å². The van der Waals surface area contributed by atoms with E-state index in [9.17, 15) is 5.11 Å². The summed E-state index contributed by atoms with van der Waals surface area (Å²) in [6.07, 6.45) is 1.88. The second-order valence-electron chi connectivity index (χ2n) is 4.38. The molecular formula is C11H18BNO. The van der Waals surface area contributed by atoms with E-state index in [4.69, 9.17) is 0 Å². The molecule has 1 heterocycles. The van der Waals surface area contributed by atoms with Gasteiger partial charge in [0, 0.05) is 6.20 Å². The fourth-order valence-corrected chi connectivity index (χ4v) is 1.63. The maximum atomic E-state index is 9.94. The summed E-state index contributed by atoms with van der Waals surface area (Å²) < 4.78 is 0. The minimum Gasteiger partial charge on any atom is -0.507 e. The first kappa shape index (κ1) is 11.1. The molecule has 2 nitrogen and oxygen atoms in total. The van der Waals surface area contributed by atoms with Gasteiger partial charge < -0.3 is 5.11 Å². The van der Waals surface area contributed by atoms with E-state index in [2.05, 4.69) is 18.8 Å². The molecule has 76 valence electrons. The molecule has 0 fully saturated rings. The molecule has 0 aliphatic carbocycles. The Bertz CT molecular complexity index is 301. The third-order valence-corrected chi connectivity index (χ3v) is 2.54. The van der Waals surface area contributed by atoms with Crippen LogP contribution in [0.4, 0.5) is 0 Å². The summed E-state index contributed by atoms with van der Waals surface area (Å²) >= 11 is 0. The van der Waals surface area contributed by atoms with Gasteiger partial charge in [-0.05, 0) is 22.9 Å². The predicted molar refractivity (Wildman–Crippen MR) is 62.3 cm³/mol. The van der Waals surface area contributed by atoms with Gasteiger partial charge in [0.1, 0.15) is 13.6 Å². The van der Waals surface area contributed by atoms with E-state index in [1.54, 1.807) is 0 Å². The van der Waals surface area contributed by atoms with Gasteiger partial charge in [-0.1, -0.05) is 27.7 Å². The van der Waals surface area contributed by atoms with E-state index in [1.165, 1.54) is 0 Å². The average Bonchev–Trinajstić information content (AvgIpc) is 2.08. The highest BCUT2D eigenvalue weighted by Gasteiger charge is 2.14. The third kappa shape index (κ3) is 1.92. The largest absolute Gasteiger partial charge is 0.507 e. The molecule has 0 aromatic carbocycles. The molecular weight excluding hydrogens is 173 g/mol. The van der Waals surface area contributed by atoms with Crippen LogP contribution in [0.1, 0.15) is 50.8 Å². The quantitative estimate of drug-likeness (QED) is 0.714. The van der Waals surface area contributed by atoms with Crippen LogP contribution < -0.4 is 5.46 Å². The zero-order chi connectivity index (χ0) is 10.9. The van der Waals surface area contributed by atoms with E-state index in [1.807, 2.05) is 27.9 Å². The Kier molecular flexibility index (Phi) is 3.19. The molecule has 0 saturated carbocycles.